The zero-order chi connectivity index (χ0) is 21.4. The highest BCUT2D eigenvalue weighted by atomic mass is 35.5. The van der Waals surface area contributed by atoms with Crippen molar-refractivity contribution >= 4 is 21.6 Å². The number of aryl methyl sites for hydroxylation is 1. The van der Waals surface area contributed by atoms with Crippen molar-refractivity contribution in [2.24, 2.45) is 7.05 Å². The average molecular weight is 437 g/mol. The second-order valence-electron chi connectivity index (χ2n) is 6.36. The van der Waals surface area contributed by atoms with Crippen LogP contribution in [0.3, 0.4) is 0 Å². The fourth-order valence-electron chi connectivity index (χ4n) is 2.98. The smallest absolute Gasteiger partial charge is 0.317 e. The van der Waals surface area contributed by atoms with E-state index in [-0.39, 0.29) is 26.6 Å². The lowest BCUT2D eigenvalue weighted by Crippen LogP contribution is -2.43. The number of benzene rings is 1. The van der Waals surface area contributed by atoms with Gasteiger partial charge in [-0.3, -0.25) is 4.79 Å². The van der Waals surface area contributed by atoms with Gasteiger partial charge in [-0.25, -0.2) is 8.42 Å². The van der Waals surface area contributed by atoms with Gasteiger partial charge in [0.15, 0.2) is 0 Å². The fourth-order valence-corrected chi connectivity index (χ4v) is 5.05. The molecule has 0 aliphatic rings. The normalized spacial score (nSPS) is 13.8. The molecule has 0 radical (unpaired) electrons. The van der Waals surface area contributed by atoms with E-state index in [9.17, 15) is 26.4 Å². The van der Waals surface area contributed by atoms with Crippen LogP contribution >= 0.6 is 11.6 Å². The number of pyridine rings is 1. The van der Waals surface area contributed by atoms with E-state index >= 15 is 0 Å². The van der Waals surface area contributed by atoms with Gasteiger partial charge in [0.2, 0.25) is 10.0 Å². The molecule has 0 saturated carbocycles. The van der Waals surface area contributed by atoms with Crippen molar-refractivity contribution < 1.29 is 21.6 Å². The molecule has 0 spiro atoms. The van der Waals surface area contributed by atoms with Crippen molar-refractivity contribution in [3.8, 4) is 0 Å². The molecule has 1 heterocycles. The fraction of sp³-hybridized carbons (Fsp3) is 0.389. The maximum Gasteiger partial charge on any atom is 0.409 e. The van der Waals surface area contributed by atoms with Crippen LogP contribution in [0.1, 0.15) is 29.7 Å². The van der Waals surface area contributed by atoms with Gasteiger partial charge in [0.25, 0.3) is 5.56 Å². The third-order valence-electron chi connectivity index (χ3n) is 4.57. The quantitative estimate of drug-likeness (QED) is 0.712. The van der Waals surface area contributed by atoms with Crippen LogP contribution < -0.4 is 5.56 Å². The molecular weight excluding hydrogens is 417 g/mol. The summed E-state index contributed by atoms with van der Waals surface area (Å²) in [4.78, 5) is 11.7. The number of nitrogens with zero attached hydrogens (tertiary/aromatic N) is 2. The summed E-state index contributed by atoms with van der Waals surface area (Å²) in [5, 5.41) is 0.236. The minimum Gasteiger partial charge on any atom is -0.317 e. The minimum atomic E-state index is -4.86. The van der Waals surface area contributed by atoms with Crippen LogP contribution in [0, 0.1) is 13.8 Å². The highest BCUT2D eigenvalue weighted by molar-refractivity contribution is 7.89. The summed E-state index contributed by atoms with van der Waals surface area (Å²) >= 11 is 5.75. The molecule has 2 aromatic rings. The van der Waals surface area contributed by atoms with E-state index in [2.05, 4.69) is 0 Å². The molecule has 1 aromatic carbocycles. The van der Waals surface area contributed by atoms with Gasteiger partial charge in [-0.15, -0.1) is 0 Å². The largest absolute Gasteiger partial charge is 0.409 e. The number of sulfonamides is 1. The molecule has 0 aliphatic carbocycles. The van der Waals surface area contributed by atoms with E-state index < -0.39 is 34.3 Å². The van der Waals surface area contributed by atoms with E-state index in [1.807, 2.05) is 0 Å². The first-order valence-electron chi connectivity index (χ1n) is 8.33. The van der Waals surface area contributed by atoms with Crippen LogP contribution in [0.25, 0.3) is 0 Å². The van der Waals surface area contributed by atoms with Crippen LogP contribution in [-0.2, 0) is 17.1 Å². The van der Waals surface area contributed by atoms with Gasteiger partial charge < -0.3 is 4.57 Å². The van der Waals surface area contributed by atoms with Crippen LogP contribution in [0.2, 0.25) is 5.02 Å². The third kappa shape index (κ3) is 4.11. The van der Waals surface area contributed by atoms with Gasteiger partial charge in [-0.2, -0.15) is 17.5 Å². The van der Waals surface area contributed by atoms with Gasteiger partial charge in [0.1, 0.15) is 10.9 Å². The molecule has 2 rings (SSSR count). The van der Waals surface area contributed by atoms with Gasteiger partial charge in [-0.05, 0) is 37.1 Å². The molecule has 154 valence electrons. The molecule has 28 heavy (non-hydrogen) atoms. The monoisotopic (exact) mass is 436 g/mol. The van der Waals surface area contributed by atoms with Crippen LogP contribution in [0.4, 0.5) is 13.2 Å². The third-order valence-corrected chi connectivity index (χ3v) is 6.87. The zero-order valence-electron chi connectivity index (χ0n) is 15.7. The topological polar surface area (TPSA) is 59.4 Å². The first-order valence-corrected chi connectivity index (χ1v) is 10.1. The Morgan fingerprint density at radius 2 is 1.68 bits per heavy atom. The number of hydrogen-bond donors (Lipinski definition) is 0. The standard InChI is InChI=1S/C18H20ClF3N2O3S/c1-5-24(16(18(20,21)22)13-6-8-14(19)9-7-13)28(26,27)15-10-23(4)17(25)12(3)11(15)2/h6-10,16H,5H2,1-4H3. The Hall–Kier alpha value is -1.84. The SMILES string of the molecule is CCN(C(c1ccc(Cl)cc1)C(F)(F)F)S(=O)(=O)c1cn(C)c(=O)c(C)c1C. The molecule has 0 fully saturated rings. The van der Waals surface area contributed by atoms with Gasteiger partial charge in [0, 0.05) is 30.4 Å². The Labute approximate surface area is 166 Å². The summed E-state index contributed by atoms with van der Waals surface area (Å²) in [6.07, 6.45) is -3.81. The van der Waals surface area contributed by atoms with Gasteiger partial charge in [-0.1, -0.05) is 30.7 Å². The molecule has 5 nitrogen and oxygen atoms in total. The molecule has 10 heteroatoms. The predicted octanol–water partition coefficient (Wildman–Crippen LogP) is 3.97. The first-order chi connectivity index (χ1) is 12.8. The molecule has 1 aromatic heterocycles. The van der Waals surface area contributed by atoms with E-state index in [4.69, 9.17) is 11.6 Å². The summed E-state index contributed by atoms with van der Waals surface area (Å²) in [5.74, 6) is 0. The van der Waals surface area contributed by atoms with E-state index in [1.165, 1.54) is 40.0 Å². The summed E-state index contributed by atoms with van der Waals surface area (Å²) in [7, 11) is -3.21. The van der Waals surface area contributed by atoms with Crippen LogP contribution in [-0.4, -0.2) is 30.0 Å². The highest BCUT2D eigenvalue weighted by Crippen LogP contribution is 2.41. The number of rotatable bonds is 5. The van der Waals surface area contributed by atoms with Gasteiger partial charge in [0.05, 0.1) is 0 Å². The average Bonchev–Trinajstić information content (AvgIpc) is 2.60. The minimum absolute atomic E-state index is 0.124. The van der Waals surface area contributed by atoms with E-state index in [0.717, 1.165) is 22.9 Å². The maximum atomic E-state index is 13.9. The Bertz CT molecular complexity index is 1030. The lowest BCUT2D eigenvalue weighted by Gasteiger charge is -2.32. The van der Waals surface area contributed by atoms with Gasteiger partial charge >= 0.3 is 6.18 Å². The van der Waals surface area contributed by atoms with Crippen molar-refractivity contribution in [3.05, 3.63) is 62.5 Å². The van der Waals surface area contributed by atoms with E-state index in [1.54, 1.807) is 0 Å². The predicted molar refractivity (Wildman–Crippen MR) is 101 cm³/mol. The summed E-state index contributed by atoms with van der Waals surface area (Å²) in [6, 6.07) is 2.46. The number of alkyl halides is 3. The highest BCUT2D eigenvalue weighted by Gasteiger charge is 2.49. The van der Waals surface area contributed by atoms with E-state index in [0.29, 0.717) is 4.31 Å². The number of hydrogen-bond acceptors (Lipinski definition) is 3. The van der Waals surface area contributed by atoms with Crippen LogP contribution in [0.5, 0.6) is 0 Å². The number of aromatic nitrogens is 1. The summed E-state index contributed by atoms with van der Waals surface area (Å²) < 4.78 is 69.6. The Kier molecular flexibility index (Phi) is 6.32. The molecule has 0 saturated heterocycles. The van der Waals surface area contributed by atoms with Crippen molar-refractivity contribution in [1.82, 2.24) is 8.87 Å². The lowest BCUT2D eigenvalue weighted by molar-refractivity contribution is -0.173. The first kappa shape index (κ1) is 22.4. The van der Waals surface area contributed by atoms with Crippen molar-refractivity contribution in [2.45, 2.75) is 37.9 Å². The van der Waals surface area contributed by atoms with Crippen molar-refractivity contribution in [2.75, 3.05) is 6.54 Å². The summed E-state index contributed by atoms with van der Waals surface area (Å²) in [5.41, 5.74) is -0.376. The molecular formula is C18H20ClF3N2O3S. The molecule has 0 aliphatic heterocycles. The zero-order valence-corrected chi connectivity index (χ0v) is 17.3. The Balaban J connectivity index is 2.73. The Morgan fingerprint density at radius 1 is 1.14 bits per heavy atom. The van der Waals surface area contributed by atoms with Crippen molar-refractivity contribution in [1.29, 1.82) is 0 Å². The lowest BCUT2D eigenvalue weighted by atomic mass is 10.1. The molecule has 0 bridgehead atoms. The summed E-state index contributed by atoms with van der Waals surface area (Å²) in [6.45, 7) is 3.75. The molecule has 0 N–H and O–H groups in total. The molecule has 0 amide bonds. The maximum absolute atomic E-state index is 13.9. The van der Waals surface area contributed by atoms with Crippen molar-refractivity contribution in [3.63, 3.8) is 0 Å². The second-order valence-corrected chi connectivity index (χ2v) is 8.66. The van der Waals surface area contributed by atoms with Crippen LogP contribution in [0.15, 0.2) is 40.2 Å². The molecule has 1 unspecified atom stereocenters. The number of halogens is 4. The Morgan fingerprint density at radius 3 is 2.14 bits per heavy atom. The second kappa shape index (κ2) is 7.88. The molecule has 1 atom stereocenters.